The van der Waals surface area contributed by atoms with Crippen molar-refractivity contribution in [2.75, 3.05) is 19.6 Å². The van der Waals surface area contributed by atoms with Gasteiger partial charge in [0, 0.05) is 6.42 Å². The lowest BCUT2D eigenvalue weighted by Crippen LogP contribution is -2.20. The molecular formula is C23H32F2N4OS. The summed E-state index contributed by atoms with van der Waals surface area (Å²) in [5.74, 6) is 2.02. The molecule has 31 heavy (non-hydrogen) atoms. The summed E-state index contributed by atoms with van der Waals surface area (Å²) in [5, 5.41) is 6.91. The molecule has 0 aliphatic carbocycles. The Morgan fingerprint density at radius 3 is 2.61 bits per heavy atom. The van der Waals surface area contributed by atoms with E-state index in [9.17, 15) is 8.78 Å². The highest BCUT2D eigenvalue weighted by atomic mass is 32.1. The third-order valence-electron chi connectivity index (χ3n) is 4.53. The second kappa shape index (κ2) is 16.3. The fourth-order valence-electron chi connectivity index (χ4n) is 2.90. The summed E-state index contributed by atoms with van der Waals surface area (Å²) in [5.41, 5.74) is 1.91. The standard InChI is InChI=1S/C16H23F2N3O.C7H9NS/c1-2-13(8-6-12-21-10-3-4-11-21)7-5-9-14-19-20-16(22-14)15(17)18;1-3-5-6-7(4-2)8-9/h2,5,7,15H,3-4,6,8-12H2,1H3;2-3,5-6,8-9H,1H3/b7-5-,13-2+;5-3-,7-6+. The number of alkyl halides is 2. The molecule has 1 saturated heterocycles. The third-order valence-corrected chi connectivity index (χ3v) is 4.78. The summed E-state index contributed by atoms with van der Waals surface area (Å²) in [6.45, 7) is 7.53. The largest absolute Gasteiger partial charge is 0.419 e. The minimum Gasteiger partial charge on any atom is -0.419 e. The molecule has 0 radical (unpaired) electrons. The first-order chi connectivity index (χ1) is 15.0. The van der Waals surface area contributed by atoms with Crippen LogP contribution in [-0.2, 0) is 6.42 Å². The van der Waals surface area contributed by atoms with Crippen molar-refractivity contribution >= 4 is 12.8 Å². The molecule has 0 amide bonds. The normalized spacial score (nSPS) is 15.5. The lowest BCUT2D eigenvalue weighted by atomic mass is 10.1. The zero-order chi connectivity index (χ0) is 22.9. The summed E-state index contributed by atoms with van der Waals surface area (Å²) in [6, 6.07) is 0. The van der Waals surface area contributed by atoms with Crippen molar-refractivity contribution in [3.63, 3.8) is 0 Å². The molecule has 0 aromatic carbocycles. The van der Waals surface area contributed by atoms with Crippen molar-refractivity contribution in [2.24, 2.45) is 0 Å². The van der Waals surface area contributed by atoms with E-state index in [-0.39, 0.29) is 5.89 Å². The Kier molecular flexibility index (Phi) is 14.1. The third kappa shape index (κ3) is 11.6. The Labute approximate surface area is 189 Å². The monoisotopic (exact) mass is 450 g/mol. The predicted molar refractivity (Wildman–Crippen MR) is 125 cm³/mol. The smallest absolute Gasteiger partial charge is 0.314 e. The molecule has 2 rings (SSSR count). The number of terminal acetylenes is 1. The second-order valence-corrected chi connectivity index (χ2v) is 7.04. The van der Waals surface area contributed by atoms with Crippen LogP contribution in [-0.4, -0.2) is 34.7 Å². The second-order valence-electron chi connectivity index (χ2n) is 6.82. The molecule has 8 heteroatoms. The van der Waals surface area contributed by atoms with Crippen LogP contribution in [0.1, 0.15) is 57.7 Å². The molecule has 0 saturated carbocycles. The van der Waals surface area contributed by atoms with Gasteiger partial charge in [-0.3, -0.25) is 0 Å². The molecule has 2 heterocycles. The number of nitrogens with zero attached hydrogens (tertiary/aromatic N) is 3. The number of hydrogen-bond donors (Lipinski definition) is 2. The Hall–Kier alpha value is -2.37. The maximum Gasteiger partial charge on any atom is 0.314 e. The molecule has 1 fully saturated rings. The summed E-state index contributed by atoms with van der Waals surface area (Å²) in [4.78, 5) is 2.50. The van der Waals surface area contributed by atoms with Crippen molar-refractivity contribution in [3.05, 3.63) is 59.5 Å². The van der Waals surface area contributed by atoms with Gasteiger partial charge in [0.2, 0.25) is 5.89 Å². The highest BCUT2D eigenvalue weighted by molar-refractivity contribution is 7.78. The van der Waals surface area contributed by atoms with E-state index in [1.54, 1.807) is 6.08 Å². The van der Waals surface area contributed by atoms with Gasteiger partial charge >= 0.3 is 6.43 Å². The van der Waals surface area contributed by atoms with Gasteiger partial charge in [0.15, 0.2) is 0 Å². The molecule has 1 aromatic heterocycles. The molecule has 1 aromatic rings. The first kappa shape index (κ1) is 26.7. The lowest BCUT2D eigenvalue weighted by molar-refractivity contribution is 0.113. The molecule has 0 spiro atoms. The Morgan fingerprint density at radius 1 is 1.32 bits per heavy atom. The van der Waals surface area contributed by atoms with E-state index in [0.717, 1.165) is 19.4 Å². The average Bonchev–Trinajstić information content (AvgIpc) is 3.46. The van der Waals surface area contributed by atoms with Gasteiger partial charge in [-0.2, -0.15) is 8.78 Å². The number of halogens is 2. The Bertz CT molecular complexity index is 788. The van der Waals surface area contributed by atoms with Crippen LogP contribution in [0.3, 0.4) is 0 Å². The van der Waals surface area contributed by atoms with E-state index >= 15 is 0 Å². The van der Waals surface area contributed by atoms with E-state index in [1.165, 1.54) is 31.5 Å². The predicted octanol–water partition coefficient (Wildman–Crippen LogP) is 5.44. The van der Waals surface area contributed by atoms with Gasteiger partial charge in [-0.05, 0) is 65.2 Å². The van der Waals surface area contributed by atoms with E-state index in [0.29, 0.717) is 12.1 Å². The topological polar surface area (TPSA) is 54.2 Å². The summed E-state index contributed by atoms with van der Waals surface area (Å²) in [6.07, 6.45) is 19.0. The molecule has 1 aliphatic heterocycles. The SMILES string of the molecule is C#C/C(=C\C=C/C)NS.C/C=C(\C=C/Cc1nnc(C(F)F)o1)CCCN1CCCC1. The fraction of sp³-hybridized carbons (Fsp3) is 0.478. The van der Waals surface area contributed by atoms with Crippen LogP contribution in [0.2, 0.25) is 0 Å². The summed E-state index contributed by atoms with van der Waals surface area (Å²) in [7, 11) is 0. The molecular weight excluding hydrogens is 418 g/mol. The minimum atomic E-state index is -2.71. The molecule has 1 N–H and O–H groups in total. The molecule has 0 atom stereocenters. The van der Waals surface area contributed by atoms with Crippen LogP contribution in [0.15, 0.2) is 52.1 Å². The number of hydrogen-bond acceptors (Lipinski definition) is 6. The van der Waals surface area contributed by atoms with Gasteiger partial charge < -0.3 is 14.0 Å². The van der Waals surface area contributed by atoms with Gasteiger partial charge in [0.25, 0.3) is 5.89 Å². The summed E-state index contributed by atoms with van der Waals surface area (Å²) >= 11 is 3.77. The van der Waals surface area contributed by atoms with Crippen LogP contribution >= 0.6 is 12.8 Å². The number of rotatable bonds is 10. The van der Waals surface area contributed by atoms with Crippen LogP contribution in [0.5, 0.6) is 0 Å². The van der Waals surface area contributed by atoms with Gasteiger partial charge in [-0.15, -0.1) is 16.6 Å². The van der Waals surface area contributed by atoms with E-state index < -0.39 is 12.3 Å². The fourth-order valence-corrected chi connectivity index (χ4v) is 3.03. The zero-order valence-electron chi connectivity index (χ0n) is 18.2. The molecule has 1 aliphatic rings. The number of nitrogens with one attached hydrogen (secondary N) is 1. The number of likely N-dealkylation sites (tertiary alicyclic amines) is 1. The van der Waals surface area contributed by atoms with Gasteiger partial charge in [0.1, 0.15) is 0 Å². The maximum atomic E-state index is 12.3. The van der Waals surface area contributed by atoms with Crippen LogP contribution in [0, 0.1) is 12.3 Å². The van der Waals surface area contributed by atoms with Crippen LogP contribution in [0.4, 0.5) is 8.78 Å². The van der Waals surface area contributed by atoms with Crippen molar-refractivity contribution in [1.82, 2.24) is 19.8 Å². The van der Waals surface area contributed by atoms with E-state index in [2.05, 4.69) is 44.6 Å². The van der Waals surface area contributed by atoms with E-state index in [4.69, 9.17) is 10.8 Å². The Morgan fingerprint density at radius 2 is 2.06 bits per heavy atom. The van der Waals surface area contributed by atoms with Gasteiger partial charge in [-0.1, -0.05) is 54.7 Å². The first-order valence-electron chi connectivity index (χ1n) is 10.4. The maximum absolute atomic E-state index is 12.3. The minimum absolute atomic E-state index is 0.221. The van der Waals surface area contributed by atoms with Crippen molar-refractivity contribution < 1.29 is 13.2 Å². The number of allylic oxidation sites excluding steroid dienone is 8. The van der Waals surface area contributed by atoms with Crippen molar-refractivity contribution in [1.29, 1.82) is 0 Å². The first-order valence-corrected chi connectivity index (χ1v) is 10.8. The average molecular weight is 451 g/mol. The molecule has 5 nitrogen and oxygen atoms in total. The highest BCUT2D eigenvalue weighted by Crippen LogP contribution is 2.17. The van der Waals surface area contributed by atoms with Crippen LogP contribution < -0.4 is 4.72 Å². The van der Waals surface area contributed by atoms with Crippen molar-refractivity contribution in [2.45, 2.75) is 52.4 Å². The Balaban J connectivity index is 0.000000452. The van der Waals surface area contributed by atoms with Crippen LogP contribution in [0.25, 0.3) is 0 Å². The lowest BCUT2D eigenvalue weighted by Gasteiger charge is -2.14. The van der Waals surface area contributed by atoms with Gasteiger partial charge in [-0.25, -0.2) is 0 Å². The van der Waals surface area contributed by atoms with Crippen molar-refractivity contribution in [3.8, 4) is 12.3 Å². The van der Waals surface area contributed by atoms with Gasteiger partial charge in [0.05, 0.1) is 5.70 Å². The number of thiol groups is 1. The molecule has 0 bridgehead atoms. The number of aromatic nitrogens is 2. The summed E-state index contributed by atoms with van der Waals surface area (Å²) < 4.78 is 32.1. The quantitative estimate of drug-likeness (QED) is 0.282. The molecule has 170 valence electrons. The highest BCUT2D eigenvalue weighted by Gasteiger charge is 2.15. The molecule has 0 unspecified atom stereocenters. The zero-order valence-corrected chi connectivity index (χ0v) is 19.1. The van der Waals surface area contributed by atoms with E-state index in [1.807, 2.05) is 38.2 Å².